The Labute approximate surface area is 116 Å². The fourth-order valence-electron chi connectivity index (χ4n) is 2.10. The van der Waals surface area contributed by atoms with Crippen molar-refractivity contribution in [2.45, 2.75) is 32.7 Å². The maximum atomic E-state index is 5.43. The van der Waals surface area contributed by atoms with E-state index >= 15 is 0 Å². The average molecular weight is 318 g/mol. The van der Waals surface area contributed by atoms with E-state index in [1.807, 2.05) is 11.3 Å². The Morgan fingerprint density at radius 3 is 2.76 bits per heavy atom. The van der Waals surface area contributed by atoms with E-state index in [1.54, 1.807) is 0 Å². The highest BCUT2D eigenvalue weighted by Gasteiger charge is 2.27. The molecular weight excluding hydrogens is 298 g/mol. The monoisotopic (exact) mass is 317 g/mol. The highest BCUT2D eigenvalue weighted by atomic mass is 79.9. The summed E-state index contributed by atoms with van der Waals surface area (Å²) in [6, 6.07) is 4.75. The van der Waals surface area contributed by atoms with E-state index in [9.17, 15) is 0 Å². The van der Waals surface area contributed by atoms with E-state index in [0.29, 0.717) is 11.5 Å². The largest absolute Gasteiger partial charge is 0.381 e. The molecule has 0 saturated carbocycles. The third-order valence-corrected chi connectivity index (χ3v) is 5.36. The first-order valence-corrected chi connectivity index (χ1v) is 7.76. The first kappa shape index (κ1) is 13.5. The van der Waals surface area contributed by atoms with E-state index < -0.39 is 0 Å². The quantitative estimate of drug-likeness (QED) is 0.907. The highest BCUT2D eigenvalue weighted by Crippen LogP contribution is 2.31. The first-order valence-electron chi connectivity index (χ1n) is 6.15. The standard InChI is InChI=1S/C13H20BrNOS/c1-10(11-3-4-12(14)17-11)15-9-13(2)5-7-16-8-6-13/h3-4,10,15H,5-9H2,1-2H3. The molecule has 0 amide bonds. The second-order valence-corrected chi connectivity index (χ2v) is 7.66. The fraction of sp³-hybridized carbons (Fsp3) is 0.692. The third-order valence-electron chi connectivity index (χ3n) is 3.56. The van der Waals surface area contributed by atoms with Crippen LogP contribution in [0, 0.1) is 5.41 Å². The molecule has 96 valence electrons. The molecular formula is C13H20BrNOS. The molecule has 1 saturated heterocycles. The van der Waals surface area contributed by atoms with Crippen molar-refractivity contribution >= 4 is 27.3 Å². The Bertz CT molecular complexity index is 360. The maximum absolute atomic E-state index is 5.43. The number of thiophene rings is 1. The van der Waals surface area contributed by atoms with E-state index in [1.165, 1.54) is 21.5 Å². The van der Waals surface area contributed by atoms with Gasteiger partial charge in [0.05, 0.1) is 3.79 Å². The summed E-state index contributed by atoms with van der Waals surface area (Å²) in [5.41, 5.74) is 0.404. The van der Waals surface area contributed by atoms with Crippen LogP contribution in [0.5, 0.6) is 0 Å². The van der Waals surface area contributed by atoms with Crippen LogP contribution in [0.1, 0.15) is 37.6 Å². The van der Waals surface area contributed by atoms with Crippen LogP contribution in [0.25, 0.3) is 0 Å². The molecule has 2 nitrogen and oxygen atoms in total. The molecule has 0 spiro atoms. The molecule has 1 aromatic heterocycles. The summed E-state index contributed by atoms with van der Waals surface area (Å²) in [7, 11) is 0. The second kappa shape index (κ2) is 5.83. The predicted molar refractivity (Wildman–Crippen MR) is 76.6 cm³/mol. The van der Waals surface area contributed by atoms with Crippen molar-refractivity contribution in [2.75, 3.05) is 19.8 Å². The molecule has 0 aromatic carbocycles. The van der Waals surface area contributed by atoms with Crippen molar-refractivity contribution in [3.8, 4) is 0 Å². The van der Waals surface area contributed by atoms with Gasteiger partial charge in [0.2, 0.25) is 0 Å². The summed E-state index contributed by atoms with van der Waals surface area (Å²) in [5, 5.41) is 3.66. The highest BCUT2D eigenvalue weighted by molar-refractivity contribution is 9.11. The zero-order valence-electron chi connectivity index (χ0n) is 10.5. The lowest BCUT2D eigenvalue weighted by atomic mass is 9.82. The van der Waals surface area contributed by atoms with Gasteiger partial charge in [0, 0.05) is 30.7 Å². The Morgan fingerprint density at radius 2 is 2.18 bits per heavy atom. The molecule has 2 rings (SSSR count). The van der Waals surface area contributed by atoms with Gasteiger partial charge in [-0.3, -0.25) is 0 Å². The smallest absolute Gasteiger partial charge is 0.0701 e. The van der Waals surface area contributed by atoms with Crippen LogP contribution in [0.2, 0.25) is 0 Å². The molecule has 1 aromatic rings. The zero-order valence-corrected chi connectivity index (χ0v) is 12.9. The van der Waals surface area contributed by atoms with Crippen molar-refractivity contribution in [2.24, 2.45) is 5.41 Å². The van der Waals surface area contributed by atoms with Crippen LogP contribution in [0.15, 0.2) is 15.9 Å². The van der Waals surface area contributed by atoms with Gasteiger partial charge in [0.15, 0.2) is 0 Å². The normalized spacial score (nSPS) is 21.4. The van der Waals surface area contributed by atoms with Crippen molar-refractivity contribution < 1.29 is 4.74 Å². The van der Waals surface area contributed by atoms with Gasteiger partial charge in [-0.1, -0.05) is 6.92 Å². The van der Waals surface area contributed by atoms with Crippen LogP contribution in [-0.2, 0) is 4.74 Å². The van der Waals surface area contributed by atoms with Crippen molar-refractivity contribution in [3.63, 3.8) is 0 Å². The van der Waals surface area contributed by atoms with E-state index in [0.717, 1.165) is 19.8 Å². The van der Waals surface area contributed by atoms with E-state index in [-0.39, 0.29) is 0 Å². The van der Waals surface area contributed by atoms with Crippen LogP contribution >= 0.6 is 27.3 Å². The molecule has 17 heavy (non-hydrogen) atoms. The van der Waals surface area contributed by atoms with Gasteiger partial charge in [0.25, 0.3) is 0 Å². The SMILES string of the molecule is CC(NCC1(C)CCOCC1)c1ccc(Br)s1. The van der Waals surface area contributed by atoms with Crippen molar-refractivity contribution in [3.05, 3.63) is 20.8 Å². The lowest BCUT2D eigenvalue weighted by molar-refractivity contribution is 0.0231. The molecule has 1 aliphatic heterocycles. The van der Waals surface area contributed by atoms with Crippen LogP contribution < -0.4 is 5.32 Å². The van der Waals surface area contributed by atoms with Gasteiger partial charge in [0.1, 0.15) is 0 Å². The Hall–Kier alpha value is 0.1000. The van der Waals surface area contributed by atoms with Gasteiger partial charge in [-0.2, -0.15) is 0 Å². The van der Waals surface area contributed by atoms with Crippen LogP contribution in [-0.4, -0.2) is 19.8 Å². The number of hydrogen-bond acceptors (Lipinski definition) is 3. The summed E-state index contributed by atoms with van der Waals surface area (Å²) < 4.78 is 6.63. The van der Waals surface area contributed by atoms with Crippen molar-refractivity contribution in [1.29, 1.82) is 0 Å². The maximum Gasteiger partial charge on any atom is 0.0701 e. The first-order chi connectivity index (χ1) is 8.09. The van der Waals surface area contributed by atoms with Gasteiger partial charge in [-0.25, -0.2) is 0 Å². The second-order valence-electron chi connectivity index (χ2n) is 5.17. The molecule has 0 aliphatic carbocycles. The summed E-state index contributed by atoms with van der Waals surface area (Å²) in [6.07, 6.45) is 2.34. The number of halogens is 1. The number of rotatable bonds is 4. The van der Waals surface area contributed by atoms with E-state index in [4.69, 9.17) is 4.74 Å². The van der Waals surface area contributed by atoms with Crippen molar-refractivity contribution in [1.82, 2.24) is 5.32 Å². The van der Waals surface area contributed by atoms with Gasteiger partial charge in [-0.05, 0) is 53.2 Å². The molecule has 1 aliphatic rings. The Morgan fingerprint density at radius 1 is 1.47 bits per heavy atom. The number of ether oxygens (including phenoxy) is 1. The molecule has 4 heteroatoms. The Kier molecular flexibility index (Phi) is 4.64. The van der Waals surface area contributed by atoms with Gasteiger partial charge in [-0.15, -0.1) is 11.3 Å². The van der Waals surface area contributed by atoms with Crippen LogP contribution in [0.4, 0.5) is 0 Å². The van der Waals surface area contributed by atoms with E-state index in [2.05, 4.69) is 47.2 Å². The lowest BCUT2D eigenvalue weighted by Crippen LogP contribution is -2.37. The topological polar surface area (TPSA) is 21.3 Å². The molecule has 0 radical (unpaired) electrons. The molecule has 1 N–H and O–H groups in total. The minimum atomic E-state index is 0.404. The third kappa shape index (κ3) is 3.78. The minimum absolute atomic E-state index is 0.404. The van der Waals surface area contributed by atoms with Crippen LogP contribution in [0.3, 0.4) is 0 Å². The minimum Gasteiger partial charge on any atom is -0.381 e. The summed E-state index contributed by atoms with van der Waals surface area (Å²) in [5.74, 6) is 0. The molecule has 1 fully saturated rings. The average Bonchev–Trinajstić information content (AvgIpc) is 2.74. The van der Waals surface area contributed by atoms with Gasteiger partial charge >= 0.3 is 0 Å². The Balaban J connectivity index is 1.85. The predicted octanol–water partition coefficient (Wildman–Crippen LogP) is 3.98. The van der Waals surface area contributed by atoms with Gasteiger partial charge < -0.3 is 10.1 Å². The lowest BCUT2D eigenvalue weighted by Gasteiger charge is -2.34. The summed E-state index contributed by atoms with van der Waals surface area (Å²) >= 11 is 5.32. The molecule has 0 bridgehead atoms. The molecule has 1 atom stereocenters. The zero-order chi connectivity index (χ0) is 12.3. The fourth-order valence-corrected chi connectivity index (χ4v) is 3.55. The molecule has 2 heterocycles. The summed E-state index contributed by atoms with van der Waals surface area (Å²) in [4.78, 5) is 1.40. The molecule has 1 unspecified atom stereocenters. The number of hydrogen-bond donors (Lipinski definition) is 1. The summed E-state index contributed by atoms with van der Waals surface area (Å²) in [6.45, 7) is 7.50. The number of nitrogens with one attached hydrogen (secondary N) is 1.